The molecular weight excluding hydrogens is 356 g/mol. The van der Waals surface area contributed by atoms with Crippen LogP contribution in [0.3, 0.4) is 0 Å². The van der Waals surface area contributed by atoms with Crippen LogP contribution in [0, 0.1) is 0 Å². The van der Waals surface area contributed by atoms with Crippen molar-refractivity contribution in [1.29, 1.82) is 0 Å². The molecule has 1 fully saturated rings. The molecule has 7 nitrogen and oxygen atoms in total. The van der Waals surface area contributed by atoms with Crippen molar-refractivity contribution in [2.24, 2.45) is 10.3 Å². The number of hydrogen-bond donors (Lipinski definition) is 0. The fraction of sp³-hybridized carbons (Fsp3) is 0.222. The monoisotopic (exact) mass is 370 g/mol. The van der Waals surface area contributed by atoms with Gasteiger partial charge in [-0.2, -0.15) is 5.11 Å². The van der Waals surface area contributed by atoms with E-state index in [0.29, 0.717) is 17.3 Å². The highest BCUT2D eigenvalue weighted by atomic mass is 35.5. The zero-order valence-electron chi connectivity index (χ0n) is 13.9. The zero-order chi connectivity index (χ0) is 18.3. The van der Waals surface area contributed by atoms with E-state index in [2.05, 4.69) is 10.3 Å². The smallest absolute Gasteiger partial charge is 0.263 e. The fourth-order valence-corrected chi connectivity index (χ4v) is 3.36. The van der Waals surface area contributed by atoms with E-state index in [1.165, 1.54) is 0 Å². The van der Waals surface area contributed by atoms with Crippen LogP contribution in [0.25, 0.3) is 0 Å². The number of nitrogens with zero attached hydrogens (tertiary/aromatic N) is 4. The summed E-state index contributed by atoms with van der Waals surface area (Å²) in [6.45, 7) is 0.365. The maximum absolute atomic E-state index is 12.9. The number of benzene rings is 2. The summed E-state index contributed by atoms with van der Waals surface area (Å²) in [4.78, 5) is 26.7. The van der Waals surface area contributed by atoms with Gasteiger partial charge in [0.05, 0.1) is 24.4 Å². The highest BCUT2D eigenvalue weighted by Crippen LogP contribution is 2.35. The highest BCUT2D eigenvalue weighted by Gasteiger charge is 2.55. The molecule has 0 N–H and O–H groups in total. The number of anilines is 1. The van der Waals surface area contributed by atoms with Gasteiger partial charge in [-0.1, -0.05) is 41.1 Å². The minimum absolute atomic E-state index is 0.341. The largest absolute Gasteiger partial charge is 0.497 e. The van der Waals surface area contributed by atoms with E-state index < -0.39 is 18.0 Å². The second-order valence-corrected chi connectivity index (χ2v) is 6.41. The highest BCUT2D eigenvalue weighted by molar-refractivity contribution is 6.36. The molecule has 0 aromatic heterocycles. The number of carbonyl (C=O) groups is 2. The van der Waals surface area contributed by atoms with E-state index in [9.17, 15) is 9.59 Å². The summed E-state index contributed by atoms with van der Waals surface area (Å²) in [6, 6.07) is 12.6. The Kier molecular flexibility index (Phi) is 4.08. The van der Waals surface area contributed by atoms with Crippen molar-refractivity contribution in [2.45, 2.75) is 18.6 Å². The number of para-hydroxylation sites is 1. The van der Waals surface area contributed by atoms with Crippen LogP contribution in [-0.2, 0) is 16.1 Å². The van der Waals surface area contributed by atoms with Gasteiger partial charge in [-0.25, -0.2) is 4.90 Å². The molecule has 0 aliphatic carbocycles. The molecule has 2 amide bonds. The van der Waals surface area contributed by atoms with Crippen LogP contribution in [0.2, 0.25) is 5.02 Å². The second kappa shape index (κ2) is 6.42. The summed E-state index contributed by atoms with van der Waals surface area (Å²) < 4.78 is 5.14. The van der Waals surface area contributed by atoms with Gasteiger partial charge in [0.15, 0.2) is 12.1 Å². The van der Waals surface area contributed by atoms with Gasteiger partial charge in [0.2, 0.25) is 0 Å². The number of hydrogen-bond acceptors (Lipinski definition) is 6. The summed E-state index contributed by atoms with van der Waals surface area (Å²) >= 11 is 6.16. The van der Waals surface area contributed by atoms with Crippen molar-refractivity contribution < 1.29 is 14.3 Å². The molecule has 2 aromatic rings. The Morgan fingerprint density at radius 2 is 1.81 bits per heavy atom. The van der Waals surface area contributed by atoms with E-state index in [-0.39, 0.29) is 5.91 Å². The van der Waals surface area contributed by atoms with Gasteiger partial charge >= 0.3 is 0 Å². The number of methoxy groups -OCH3 is 1. The van der Waals surface area contributed by atoms with Crippen molar-refractivity contribution >= 4 is 29.1 Å². The molecule has 4 rings (SSSR count). The first-order valence-corrected chi connectivity index (χ1v) is 8.40. The molecule has 2 aliphatic rings. The molecule has 1 saturated heterocycles. The van der Waals surface area contributed by atoms with Gasteiger partial charge in [0.1, 0.15) is 5.75 Å². The van der Waals surface area contributed by atoms with Crippen molar-refractivity contribution in [3.8, 4) is 5.75 Å². The first-order chi connectivity index (χ1) is 12.6. The van der Waals surface area contributed by atoms with Gasteiger partial charge in [0.25, 0.3) is 11.8 Å². The molecule has 132 valence electrons. The lowest BCUT2D eigenvalue weighted by atomic mass is 10.1. The summed E-state index contributed by atoms with van der Waals surface area (Å²) in [6.07, 6.45) is 0. The number of ether oxygens (including phenoxy) is 1. The van der Waals surface area contributed by atoms with Crippen LogP contribution < -0.4 is 9.64 Å². The summed E-state index contributed by atoms with van der Waals surface area (Å²) in [7, 11) is 1.60. The van der Waals surface area contributed by atoms with Gasteiger partial charge in [-0.05, 0) is 29.8 Å². The fourth-order valence-electron chi connectivity index (χ4n) is 3.14. The number of amides is 2. The van der Waals surface area contributed by atoms with E-state index in [0.717, 1.165) is 16.2 Å². The van der Waals surface area contributed by atoms with E-state index in [1.807, 2.05) is 24.3 Å². The van der Waals surface area contributed by atoms with Crippen molar-refractivity contribution in [3.63, 3.8) is 0 Å². The van der Waals surface area contributed by atoms with Crippen LogP contribution in [0.4, 0.5) is 5.69 Å². The lowest BCUT2D eigenvalue weighted by Crippen LogP contribution is -2.39. The predicted molar refractivity (Wildman–Crippen MR) is 94.9 cm³/mol. The summed E-state index contributed by atoms with van der Waals surface area (Å²) in [5.74, 6) is -0.0348. The maximum Gasteiger partial charge on any atom is 0.263 e. The number of rotatable bonds is 4. The lowest BCUT2D eigenvalue weighted by Gasteiger charge is -2.21. The Morgan fingerprint density at radius 1 is 1.08 bits per heavy atom. The molecular formula is C18H15ClN4O3. The molecule has 2 atom stereocenters. The van der Waals surface area contributed by atoms with E-state index >= 15 is 0 Å². The predicted octanol–water partition coefficient (Wildman–Crippen LogP) is 2.84. The van der Waals surface area contributed by atoms with Crippen LogP contribution in [0.1, 0.15) is 5.56 Å². The van der Waals surface area contributed by atoms with Crippen LogP contribution >= 0.6 is 11.6 Å². The standard InChI is InChI=1S/C18H15ClN4O3/c1-26-12-8-6-11(7-9-12)10-22-16-15(20-21-22)17(24)23(18(16)25)14-5-3-2-4-13(14)19/h2-9,15-16H,10H2,1H3/t15-,16+/m1/s1. The Bertz CT molecular complexity index is 900. The SMILES string of the molecule is COc1ccc(CN2N=N[C@H]3C(=O)N(c4ccccc4Cl)C(=O)[C@H]32)cc1. The molecule has 2 aromatic carbocycles. The van der Waals surface area contributed by atoms with Crippen LogP contribution in [-0.4, -0.2) is 36.0 Å². The zero-order valence-corrected chi connectivity index (χ0v) is 14.6. The minimum atomic E-state index is -0.836. The molecule has 0 saturated carbocycles. The van der Waals surface area contributed by atoms with Crippen LogP contribution in [0.5, 0.6) is 5.75 Å². The first-order valence-electron chi connectivity index (χ1n) is 8.03. The number of fused-ring (bicyclic) bond motifs is 1. The summed E-state index contributed by atoms with van der Waals surface area (Å²) in [5.41, 5.74) is 1.31. The number of halogens is 1. The van der Waals surface area contributed by atoms with Gasteiger partial charge < -0.3 is 4.74 Å². The third-order valence-corrected chi connectivity index (χ3v) is 4.77. The van der Waals surface area contributed by atoms with Crippen molar-refractivity contribution in [3.05, 3.63) is 59.1 Å². The molecule has 2 aliphatic heterocycles. The molecule has 0 unspecified atom stereocenters. The third-order valence-electron chi connectivity index (χ3n) is 4.45. The minimum Gasteiger partial charge on any atom is -0.497 e. The maximum atomic E-state index is 12.9. The normalized spacial score (nSPS) is 21.5. The Labute approximate surface area is 154 Å². The second-order valence-electron chi connectivity index (χ2n) is 6.00. The quantitative estimate of drug-likeness (QED) is 0.775. The number of imide groups is 1. The molecule has 8 heteroatoms. The third kappa shape index (κ3) is 2.61. The molecule has 0 bridgehead atoms. The summed E-state index contributed by atoms with van der Waals surface area (Å²) in [5, 5.41) is 9.94. The Morgan fingerprint density at radius 3 is 2.50 bits per heavy atom. The van der Waals surface area contributed by atoms with Gasteiger partial charge in [0, 0.05) is 0 Å². The average molecular weight is 371 g/mol. The Balaban J connectivity index is 1.59. The van der Waals surface area contributed by atoms with E-state index in [4.69, 9.17) is 16.3 Å². The molecule has 0 spiro atoms. The average Bonchev–Trinajstić information content (AvgIpc) is 3.17. The molecule has 0 radical (unpaired) electrons. The van der Waals surface area contributed by atoms with Gasteiger partial charge in [-0.3, -0.25) is 14.6 Å². The molecule has 26 heavy (non-hydrogen) atoms. The number of carbonyl (C=O) groups excluding carboxylic acids is 2. The van der Waals surface area contributed by atoms with Crippen molar-refractivity contribution in [1.82, 2.24) is 5.01 Å². The van der Waals surface area contributed by atoms with E-state index in [1.54, 1.807) is 36.4 Å². The van der Waals surface area contributed by atoms with Crippen LogP contribution in [0.15, 0.2) is 58.9 Å². The topological polar surface area (TPSA) is 74.6 Å². The molecule has 2 heterocycles. The first kappa shape index (κ1) is 16.5. The van der Waals surface area contributed by atoms with Gasteiger partial charge in [-0.15, -0.1) is 0 Å². The Hall–Kier alpha value is -2.93. The van der Waals surface area contributed by atoms with Crippen molar-refractivity contribution in [2.75, 3.05) is 12.0 Å². The lowest BCUT2D eigenvalue weighted by molar-refractivity contribution is -0.123.